The molecule has 2 atom stereocenters. The van der Waals surface area contributed by atoms with Gasteiger partial charge >= 0.3 is 0 Å². The van der Waals surface area contributed by atoms with Crippen LogP contribution in [0.2, 0.25) is 0 Å². The van der Waals surface area contributed by atoms with Gasteiger partial charge in [-0.25, -0.2) is 8.78 Å². The van der Waals surface area contributed by atoms with Crippen molar-refractivity contribution < 1.29 is 8.78 Å². The van der Waals surface area contributed by atoms with Gasteiger partial charge in [0.1, 0.15) is 0 Å². The van der Waals surface area contributed by atoms with Crippen molar-refractivity contribution in [2.45, 2.75) is 25.3 Å². The Bertz CT molecular complexity index is 138. The van der Waals surface area contributed by atoms with Crippen LogP contribution in [0.3, 0.4) is 0 Å². The average molecular weight is 181 g/mol. The van der Waals surface area contributed by atoms with Gasteiger partial charge in [-0.1, -0.05) is 0 Å². The first-order valence-electron chi connectivity index (χ1n) is 3.73. The van der Waals surface area contributed by atoms with E-state index in [2.05, 4.69) is 0 Å². The fraction of sp³-hybridized carbons (Fsp3) is 1.00. The van der Waals surface area contributed by atoms with E-state index in [9.17, 15) is 8.78 Å². The zero-order valence-corrected chi connectivity index (χ0v) is 7.33. The standard InChI is InChI=1S/C7H13F2NS/c1-5(10)3-11-4-6-2-7(6,8)9/h5-6H,2-4,10H2,1H3. The smallest absolute Gasteiger partial charge is 0.252 e. The van der Waals surface area contributed by atoms with E-state index in [0.29, 0.717) is 5.75 Å². The molecule has 66 valence electrons. The number of hydrogen-bond acceptors (Lipinski definition) is 2. The second-order valence-electron chi connectivity index (χ2n) is 3.18. The van der Waals surface area contributed by atoms with Crippen LogP contribution in [0.1, 0.15) is 13.3 Å². The van der Waals surface area contributed by atoms with Crippen molar-refractivity contribution in [3.63, 3.8) is 0 Å². The van der Waals surface area contributed by atoms with Crippen molar-refractivity contribution >= 4 is 11.8 Å². The van der Waals surface area contributed by atoms with Gasteiger partial charge in [-0.15, -0.1) is 0 Å². The predicted molar refractivity (Wildman–Crippen MR) is 44.0 cm³/mol. The molecule has 2 N–H and O–H groups in total. The number of nitrogens with two attached hydrogens (primary N) is 1. The maximum absolute atomic E-state index is 12.3. The molecule has 0 radical (unpaired) electrons. The third-order valence-electron chi connectivity index (χ3n) is 1.66. The van der Waals surface area contributed by atoms with Crippen molar-refractivity contribution in [1.29, 1.82) is 0 Å². The summed E-state index contributed by atoms with van der Waals surface area (Å²) >= 11 is 1.53. The largest absolute Gasteiger partial charge is 0.327 e. The molecule has 11 heavy (non-hydrogen) atoms. The summed E-state index contributed by atoms with van der Waals surface area (Å²) in [6, 6.07) is 0.118. The predicted octanol–water partition coefficient (Wildman–Crippen LogP) is 1.72. The van der Waals surface area contributed by atoms with E-state index in [-0.39, 0.29) is 18.4 Å². The normalized spacial score (nSPS) is 30.0. The van der Waals surface area contributed by atoms with E-state index in [1.54, 1.807) is 0 Å². The molecule has 4 heteroatoms. The molecule has 0 aromatic heterocycles. The van der Waals surface area contributed by atoms with Crippen LogP contribution in [-0.4, -0.2) is 23.5 Å². The topological polar surface area (TPSA) is 26.0 Å². The van der Waals surface area contributed by atoms with Crippen LogP contribution < -0.4 is 5.73 Å². The van der Waals surface area contributed by atoms with E-state index >= 15 is 0 Å². The Morgan fingerprint density at radius 1 is 1.73 bits per heavy atom. The van der Waals surface area contributed by atoms with E-state index in [4.69, 9.17) is 5.73 Å². The first kappa shape index (κ1) is 9.26. The summed E-state index contributed by atoms with van der Waals surface area (Å²) in [5, 5.41) is 0. The number of halogens is 2. The molecule has 1 fully saturated rings. The molecule has 0 heterocycles. The molecule has 1 rings (SSSR count). The van der Waals surface area contributed by atoms with E-state index in [0.717, 1.165) is 5.75 Å². The van der Waals surface area contributed by atoms with Crippen LogP contribution >= 0.6 is 11.8 Å². The minimum absolute atomic E-state index is 0.0823. The average Bonchev–Trinajstić information content (AvgIpc) is 2.39. The second-order valence-corrected chi connectivity index (χ2v) is 4.25. The summed E-state index contributed by atoms with van der Waals surface area (Å²) < 4.78 is 24.6. The number of alkyl halides is 2. The van der Waals surface area contributed by atoms with E-state index < -0.39 is 5.92 Å². The highest BCUT2D eigenvalue weighted by Crippen LogP contribution is 2.49. The Balaban J connectivity index is 1.98. The first-order valence-corrected chi connectivity index (χ1v) is 4.89. The summed E-state index contributed by atoms with van der Waals surface area (Å²) in [6.07, 6.45) is 0.0823. The Morgan fingerprint density at radius 3 is 2.64 bits per heavy atom. The number of thioether (sulfide) groups is 1. The fourth-order valence-electron chi connectivity index (χ4n) is 0.847. The summed E-state index contributed by atoms with van der Waals surface area (Å²) in [5.41, 5.74) is 5.46. The molecule has 1 aliphatic carbocycles. The summed E-state index contributed by atoms with van der Waals surface area (Å²) in [6.45, 7) is 1.89. The van der Waals surface area contributed by atoms with Crippen LogP contribution in [0.25, 0.3) is 0 Å². The van der Waals surface area contributed by atoms with Gasteiger partial charge in [0.25, 0.3) is 5.92 Å². The van der Waals surface area contributed by atoms with Crippen molar-refractivity contribution in [2.75, 3.05) is 11.5 Å². The van der Waals surface area contributed by atoms with Gasteiger partial charge in [0.15, 0.2) is 0 Å². The first-order chi connectivity index (χ1) is 5.02. The fourth-order valence-corrected chi connectivity index (χ4v) is 2.00. The van der Waals surface area contributed by atoms with Crippen LogP contribution in [0.4, 0.5) is 8.78 Å². The van der Waals surface area contributed by atoms with Crippen LogP contribution in [0.5, 0.6) is 0 Å². The van der Waals surface area contributed by atoms with Crippen LogP contribution in [-0.2, 0) is 0 Å². The molecular formula is C7H13F2NS. The monoisotopic (exact) mass is 181 g/mol. The van der Waals surface area contributed by atoms with Crippen LogP contribution in [0.15, 0.2) is 0 Å². The lowest BCUT2D eigenvalue weighted by atomic mass is 10.4. The number of rotatable bonds is 4. The lowest BCUT2D eigenvalue weighted by Gasteiger charge is -2.03. The highest BCUT2D eigenvalue weighted by molar-refractivity contribution is 7.99. The maximum Gasteiger partial charge on any atom is 0.252 e. The van der Waals surface area contributed by atoms with Crippen LogP contribution in [0, 0.1) is 5.92 Å². The molecule has 1 saturated carbocycles. The lowest BCUT2D eigenvalue weighted by molar-refractivity contribution is 0.103. The molecule has 1 nitrogen and oxygen atoms in total. The Morgan fingerprint density at radius 2 is 2.27 bits per heavy atom. The van der Waals surface area contributed by atoms with Gasteiger partial charge in [0.05, 0.1) is 0 Å². The van der Waals surface area contributed by atoms with Crippen molar-refractivity contribution in [3.8, 4) is 0 Å². The molecule has 0 bridgehead atoms. The molecule has 2 unspecified atom stereocenters. The van der Waals surface area contributed by atoms with Gasteiger partial charge in [-0.3, -0.25) is 0 Å². The Labute approximate surface area is 69.7 Å². The third kappa shape index (κ3) is 2.95. The quantitative estimate of drug-likeness (QED) is 0.714. The van der Waals surface area contributed by atoms with E-state index in [1.807, 2.05) is 6.92 Å². The molecule has 0 aromatic carbocycles. The lowest BCUT2D eigenvalue weighted by Crippen LogP contribution is -2.18. The van der Waals surface area contributed by atoms with Crippen molar-refractivity contribution in [3.05, 3.63) is 0 Å². The van der Waals surface area contributed by atoms with Gasteiger partial charge < -0.3 is 5.73 Å². The maximum atomic E-state index is 12.3. The molecular weight excluding hydrogens is 168 g/mol. The summed E-state index contributed by atoms with van der Waals surface area (Å²) in [5.74, 6) is -1.38. The third-order valence-corrected chi connectivity index (χ3v) is 3.06. The molecule has 0 amide bonds. The molecule has 0 saturated heterocycles. The Kier molecular flexibility index (Phi) is 2.75. The van der Waals surface area contributed by atoms with Crippen molar-refractivity contribution in [2.24, 2.45) is 11.7 Å². The molecule has 0 aliphatic heterocycles. The molecule has 1 aliphatic rings. The summed E-state index contributed by atoms with van der Waals surface area (Å²) in [4.78, 5) is 0. The van der Waals surface area contributed by atoms with E-state index in [1.165, 1.54) is 11.8 Å². The molecule has 0 spiro atoms. The zero-order chi connectivity index (χ0) is 8.48. The van der Waals surface area contributed by atoms with Crippen molar-refractivity contribution in [1.82, 2.24) is 0 Å². The second kappa shape index (κ2) is 3.27. The summed E-state index contributed by atoms with van der Waals surface area (Å²) in [7, 11) is 0. The molecule has 0 aromatic rings. The SMILES string of the molecule is CC(N)CSCC1CC1(F)F. The van der Waals surface area contributed by atoms with Gasteiger partial charge in [0, 0.05) is 29.9 Å². The number of hydrogen-bond donors (Lipinski definition) is 1. The Hall–Kier alpha value is 0.170. The minimum Gasteiger partial charge on any atom is -0.327 e. The highest BCUT2D eigenvalue weighted by Gasteiger charge is 2.56. The zero-order valence-electron chi connectivity index (χ0n) is 6.52. The highest BCUT2D eigenvalue weighted by atomic mass is 32.2. The van der Waals surface area contributed by atoms with Gasteiger partial charge in [-0.05, 0) is 6.92 Å². The minimum atomic E-state index is -2.36. The van der Waals surface area contributed by atoms with Gasteiger partial charge in [0.2, 0.25) is 0 Å². The van der Waals surface area contributed by atoms with Gasteiger partial charge in [-0.2, -0.15) is 11.8 Å².